The first-order chi connectivity index (χ1) is 19.9. The average Bonchev–Trinajstić information content (AvgIpc) is 3.31. The number of rotatable bonds is 8. The number of para-hydroxylation sites is 1. The Bertz CT molecular complexity index is 1850. The first kappa shape index (κ1) is 26.9. The zero-order chi connectivity index (χ0) is 28.4. The summed E-state index contributed by atoms with van der Waals surface area (Å²) in [6, 6.07) is 24.2. The molecule has 9 nitrogen and oxygen atoms in total. The molecule has 1 aliphatic heterocycles. The van der Waals surface area contributed by atoms with Crippen LogP contribution in [-0.2, 0) is 28.2 Å². The number of sulfonamides is 1. The van der Waals surface area contributed by atoms with Crippen LogP contribution < -0.4 is 4.31 Å². The third-order valence-electron chi connectivity index (χ3n) is 7.58. The van der Waals surface area contributed by atoms with Gasteiger partial charge in [0.05, 0.1) is 47.1 Å². The highest BCUT2D eigenvalue weighted by molar-refractivity contribution is 7.93. The molecule has 0 N–H and O–H groups in total. The van der Waals surface area contributed by atoms with E-state index in [0.717, 1.165) is 40.9 Å². The molecule has 0 amide bonds. The van der Waals surface area contributed by atoms with E-state index < -0.39 is 10.0 Å². The van der Waals surface area contributed by atoms with Crippen molar-refractivity contribution in [1.29, 1.82) is 5.26 Å². The number of anilines is 1. The molecule has 0 aliphatic carbocycles. The number of aryl methyl sites for hydroxylation is 1. The molecule has 2 aromatic heterocycles. The lowest BCUT2D eigenvalue weighted by atomic mass is 10.1. The van der Waals surface area contributed by atoms with E-state index in [1.807, 2.05) is 54.1 Å². The van der Waals surface area contributed by atoms with Gasteiger partial charge in [0.1, 0.15) is 10.7 Å². The number of imidazole rings is 1. The van der Waals surface area contributed by atoms with Crippen molar-refractivity contribution < 1.29 is 13.2 Å². The van der Waals surface area contributed by atoms with Crippen LogP contribution in [0, 0.1) is 11.3 Å². The third kappa shape index (κ3) is 5.39. The molecule has 0 radical (unpaired) electrons. The maximum atomic E-state index is 14.3. The van der Waals surface area contributed by atoms with Crippen molar-refractivity contribution in [3.63, 3.8) is 0 Å². The van der Waals surface area contributed by atoms with Crippen molar-refractivity contribution in [2.45, 2.75) is 11.3 Å². The highest BCUT2D eigenvalue weighted by atomic mass is 32.2. The van der Waals surface area contributed by atoms with Crippen LogP contribution in [0.3, 0.4) is 0 Å². The number of hydrogen-bond donors (Lipinski definition) is 0. The van der Waals surface area contributed by atoms with Gasteiger partial charge in [-0.3, -0.25) is 14.2 Å². The highest BCUT2D eigenvalue weighted by Gasteiger charge is 2.29. The molecule has 6 rings (SSSR count). The molecule has 0 unspecified atom stereocenters. The van der Waals surface area contributed by atoms with Gasteiger partial charge in [0.25, 0.3) is 10.0 Å². The molecule has 1 saturated heterocycles. The number of nitriles is 1. The SMILES string of the molecule is Cn1c(Cc2ccc(C#N)cc2)nc2cc(N(CCN3CCOCC3)S(=O)(=O)c3cccc4cccnc34)ccc21. The molecular formula is C31H30N6O3S. The molecule has 0 spiro atoms. The van der Waals surface area contributed by atoms with E-state index >= 15 is 0 Å². The summed E-state index contributed by atoms with van der Waals surface area (Å²) in [6.07, 6.45) is 2.21. The number of hydrogen-bond acceptors (Lipinski definition) is 7. The van der Waals surface area contributed by atoms with E-state index in [0.29, 0.717) is 42.9 Å². The van der Waals surface area contributed by atoms with E-state index in [1.165, 1.54) is 4.31 Å². The van der Waals surface area contributed by atoms with Crippen molar-refractivity contribution in [2.75, 3.05) is 43.7 Å². The summed E-state index contributed by atoms with van der Waals surface area (Å²) in [4.78, 5) is 11.7. The number of fused-ring (bicyclic) bond motifs is 2. The van der Waals surface area contributed by atoms with Gasteiger partial charge in [-0.25, -0.2) is 13.4 Å². The molecule has 1 fully saturated rings. The second-order valence-electron chi connectivity index (χ2n) is 10.1. The number of ether oxygens (including phenoxy) is 1. The van der Waals surface area contributed by atoms with Crippen LogP contribution in [0.2, 0.25) is 0 Å². The first-order valence-corrected chi connectivity index (χ1v) is 15.0. The van der Waals surface area contributed by atoms with Crippen LogP contribution in [-0.4, -0.2) is 67.2 Å². The second-order valence-corrected chi connectivity index (χ2v) is 11.9. The van der Waals surface area contributed by atoms with Crippen molar-refractivity contribution in [3.05, 3.63) is 95.9 Å². The van der Waals surface area contributed by atoms with Gasteiger partial charge in [-0.1, -0.05) is 30.3 Å². The monoisotopic (exact) mass is 566 g/mol. The quantitative estimate of drug-likeness (QED) is 0.278. The molecule has 5 aromatic rings. The Hall–Kier alpha value is -4.30. The molecule has 3 heterocycles. The summed E-state index contributed by atoms with van der Waals surface area (Å²) in [5.74, 6) is 0.850. The molecule has 0 bridgehead atoms. The predicted octanol–water partition coefficient (Wildman–Crippen LogP) is 4.11. The molecule has 41 heavy (non-hydrogen) atoms. The largest absolute Gasteiger partial charge is 0.379 e. The number of aromatic nitrogens is 3. The third-order valence-corrected chi connectivity index (χ3v) is 9.44. The van der Waals surface area contributed by atoms with Gasteiger partial charge in [0.2, 0.25) is 0 Å². The minimum atomic E-state index is -3.96. The van der Waals surface area contributed by atoms with Crippen LogP contribution in [0.4, 0.5) is 5.69 Å². The maximum Gasteiger partial charge on any atom is 0.266 e. The van der Waals surface area contributed by atoms with Crippen LogP contribution in [0.5, 0.6) is 0 Å². The normalized spacial score (nSPS) is 14.3. The van der Waals surface area contributed by atoms with Gasteiger partial charge in [0, 0.05) is 51.2 Å². The Balaban J connectivity index is 1.38. The number of benzene rings is 3. The van der Waals surface area contributed by atoms with Crippen molar-refractivity contribution in [3.8, 4) is 6.07 Å². The summed E-state index contributed by atoms with van der Waals surface area (Å²) < 4.78 is 37.6. The van der Waals surface area contributed by atoms with E-state index in [4.69, 9.17) is 15.0 Å². The second kappa shape index (κ2) is 11.3. The minimum Gasteiger partial charge on any atom is -0.379 e. The molecular weight excluding hydrogens is 536 g/mol. The first-order valence-electron chi connectivity index (χ1n) is 13.5. The highest BCUT2D eigenvalue weighted by Crippen LogP contribution is 2.30. The van der Waals surface area contributed by atoms with E-state index in [9.17, 15) is 8.42 Å². The number of morpholine rings is 1. The van der Waals surface area contributed by atoms with Crippen LogP contribution >= 0.6 is 0 Å². The zero-order valence-electron chi connectivity index (χ0n) is 22.8. The standard InChI is InChI=1S/C31H30N6O3S/c1-35-28-12-11-26(21-27(28)34-30(35)20-23-7-9-24(22-32)10-8-23)37(15-14-36-16-18-40-19-17-36)41(38,39)29-6-2-4-25-5-3-13-33-31(25)29/h2-13,21H,14-20H2,1H3. The summed E-state index contributed by atoms with van der Waals surface area (Å²) in [5, 5.41) is 9.87. The molecule has 0 saturated carbocycles. The van der Waals surface area contributed by atoms with Gasteiger partial charge in [-0.15, -0.1) is 0 Å². The van der Waals surface area contributed by atoms with Gasteiger partial charge in [-0.2, -0.15) is 5.26 Å². The summed E-state index contributed by atoms with van der Waals surface area (Å²) in [7, 11) is -2.00. The van der Waals surface area contributed by atoms with Gasteiger partial charge < -0.3 is 9.30 Å². The van der Waals surface area contributed by atoms with Crippen LogP contribution in [0.1, 0.15) is 17.0 Å². The molecule has 10 heteroatoms. The lowest BCUT2D eigenvalue weighted by Gasteiger charge is -2.31. The Morgan fingerprint density at radius 3 is 2.59 bits per heavy atom. The van der Waals surface area contributed by atoms with Gasteiger partial charge in [0.15, 0.2) is 0 Å². The topological polar surface area (TPSA) is 104 Å². The summed E-state index contributed by atoms with van der Waals surface area (Å²) in [6.45, 7) is 3.67. The lowest BCUT2D eigenvalue weighted by molar-refractivity contribution is 0.0395. The van der Waals surface area contributed by atoms with Crippen molar-refractivity contribution >= 4 is 37.6 Å². The summed E-state index contributed by atoms with van der Waals surface area (Å²) in [5.41, 5.74) is 4.30. The van der Waals surface area contributed by atoms with Crippen LogP contribution in [0.15, 0.2) is 83.9 Å². The maximum absolute atomic E-state index is 14.3. The number of nitrogens with zero attached hydrogens (tertiary/aromatic N) is 6. The van der Waals surface area contributed by atoms with Crippen molar-refractivity contribution in [1.82, 2.24) is 19.4 Å². The zero-order valence-corrected chi connectivity index (χ0v) is 23.6. The molecule has 1 aliphatic rings. The fourth-order valence-electron chi connectivity index (χ4n) is 5.28. The Kier molecular flexibility index (Phi) is 7.41. The number of pyridine rings is 1. The fraction of sp³-hybridized carbons (Fsp3) is 0.258. The molecule has 0 atom stereocenters. The minimum absolute atomic E-state index is 0.181. The Morgan fingerprint density at radius 1 is 1.02 bits per heavy atom. The average molecular weight is 567 g/mol. The molecule has 3 aromatic carbocycles. The van der Waals surface area contributed by atoms with Crippen molar-refractivity contribution in [2.24, 2.45) is 7.05 Å². The Morgan fingerprint density at radius 2 is 1.80 bits per heavy atom. The predicted molar refractivity (Wildman–Crippen MR) is 158 cm³/mol. The fourth-order valence-corrected chi connectivity index (χ4v) is 6.90. The van der Waals surface area contributed by atoms with E-state index in [-0.39, 0.29) is 11.4 Å². The lowest BCUT2D eigenvalue weighted by Crippen LogP contribution is -2.43. The Labute approximate surface area is 239 Å². The van der Waals surface area contributed by atoms with Crippen LogP contribution in [0.25, 0.3) is 21.9 Å². The van der Waals surface area contributed by atoms with E-state index in [1.54, 1.807) is 36.5 Å². The van der Waals surface area contributed by atoms with Gasteiger partial charge in [-0.05, 0) is 48.0 Å². The summed E-state index contributed by atoms with van der Waals surface area (Å²) >= 11 is 0. The van der Waals surface area contributed by atoms with E-state index in [2.05, 4.69) is 16.0 Å². The molecule has 208 valence electrons. The van der Waals surface area contributed by atoms with Gasteiger partial charge >= 0.3 is 0 Å². The smallest absolute Gasteiger partial charge is 0.266 e.